The SMILES string of the molecule is C=C/C(=C(/C)C(=C)Cl)C1(Nc2ccc3ccn(C)c(=O)c3c2)CCNCC1. The summed E-state index contributed by atoms with van der Waals surface area (Å²) in [5, 5.41) is 9.28. The maximum absolute atomic E-state index is 12.5. The molecule has 0 unspecified atom stereocenters. The normalized spacial score (nSPS) is 17.3. The van der Waals surface area contributed by atoms with Gasteiger partial charge in [-0.1, -0.05) is 36.9 Å². The fourth-order valence-electron chi connectivity index (χ4n) is 3.86. The number of nitrogens with one attached hydrogen (secondary N) is 2. The number of aromatic nitrogens is 1. The second-order valence-electron chi connectivity index (χ2n) is 7.14. The molecule has 0 bridgehead atoms. The summed E-state index contributed by atoms with van der Waals surface area (Å²) in [6.07, 6.45) is 5.45. The first kappa shape index (κ1) is 19.5. The molecule has 1 aliphatic rings. The average molecular weight is 384 g/mol. The molecule has 0 saturated carbocycles. The van der Waals surface area contributed by atoms with Crippen molar-refractivity contribution in [1.29, 1.82) is 0 Å². The molecule has 27 heavy (non-hydrogen) atoms. The van der Waals surface area contributed by atoms with Gasteiger partial charge in [-0.3, -0.25) is 4.79 Å². The first-order valence-electron chi connectivity index (χ1n) is 9.15. The highest BCUT2D eigenvalue weighted by Crippen LogP contribution is 2.36. The summed E-state index contributed by atoms with van der Waals surface area (Å²) in [6.45, 7) is 11.7. The number of fused-ring (bicyclic) bond motifs is 1. The maximum atomic E-state index is 12.5. The fourth-order valence-corrected chi connectivity index (χ4v) is 3.96. The first-order chi connectivity index (χ1) is 12.9. The number of aryl methyl sites for hydroxylation is 1. The standard InChI is InChI=1S/C22H26ClN3O/c1-5-20(15(2)16(3)23)22(9-11-24-12-10-22)25-18-7-6-17-8-13-26(4)21(27)19(17)14-18/h5-8,13-14,24-25H,1,3,9-12H2,2,4H3/b20-15+. The van der Waals surface area contributed by atoms with E-state index in [9.17, 15) is 4.79 Å². The lowest BCUT2D eigenvalue weighted by molar-refractivity contribution is 0.388. The van der Waals surface area contributed by atoms with E-state index in [0.717, 1.165) is 48.2 Å². The van der Waals surface area contributed by atoms with E-state index >= 15 is 0 Å². The zero-order valence-electron chi connectivity index (χ0n) is 15.9. The Morgan fingerprint density at radius 2 is 2.04 bits per heavy atom. The van der Waals surface area contributed by atoms with E-state index in [2.05, 4.69) is 23.8 Å². The summed E-state index contributed by atoms with van der Waals surface area (Å²) in [5.74, 6) is 0. The van der Waals surface area contributed by atoms with Gasteiger partial charge in [0.05, 0.1) is 5.54 Å². The predicted octanol–water partition coefficient (Wildman–Crippen LogP) is 4.33. The molecule has 3 rings (SSSR count). The van der Waals surface area contributed by atoms with Crippen LogP contribution in [0.1, 0.15) is 19.8 Å². The van der Waals surface area contributed by atoms with Crippen molar-refractivity contribution < 1.29 is 0 Å². The molecule has 1 saturated heterocycles. The summed E-state index contributed by atoms with van der Waals surface area (Å²) in [6, 6.07) is 7.90. The van der Waals surface area contributed by atoms with Gasteiger partial charge in [0.1, 0.15) is 0 Å². The molecule has 0 aliphatic carbocycles. The molecule has 1 aromatic heterocycles. The van der Waals surface area contributed by atoms with Crippen molar-refractivity contribution in [2.75, 3.05) is 18.4 Å². The van der Waals surface area contributed by atoms with Crippen molar-refractivity contribution in [3.63, 3.8) is 0 Å². The van der Waals surface area contributed by atoms with Crippen LogP contribution in [0, 0.1) is 0 Å². The van der Waals surface area contributed by atoms with E-state index in [0.29, 0.717) is 10.4 Å². The molecular weight excluding hydrogens is 358 g/mol. The lowest BCUT2D eigenvalue weighted by Crippen LogP contribution is -2.49. The van der Waals surface area contributed by atoms with Gasteiger partial charge >= 0.3 is 0 Å². The maximum Gasteiger partial charge on any atom is 0.258 e. The van der Waals surface area contributed by atoms with E-state index < -0.39 is 0 Å². The molecule has 142 valence electrons. The Balaban J connectivity index is 2.10. The second-order valence-corrected chi connectivity index (χ2v) is 7.59. The molecular formula is C22H26ClN3O. The molecule has 5 heteroatoms. The van der Waals surface area contributed by atoms with Crippen LogP contribution in [-0.2, 0) is 7.05 Å². The first-order valence-corrected chi connectivity index (χ1v) is 9.52. The summed E-state index contributed by atoms with van der Waals surface area (Å²) in [7, 11) is 1.77. The highest BCUT2D eigenvalue weighted by molar-refractivity contribution is 6.31. The minimum atomic E-state index is -0.303. The van der Waals surface area contributed by atoms with E-state index in [1.807, 2.05) is 37.3 Å². The van der Waals surface area contributed by atoms with E-state index in [4.69, 9.17) is 11.6 Å². The number of piperidine rings is 1. The van der Waals surface area contributed by atoms with Gasteiger partial charge in [0.15, 0.2) is 0 Å². The van der Waals surface area contributed by atoms with Crippen molar-refractivity contribution in [1.82, 2.24) is 9.88 Å². The van der Waals surface area contributed by atoms with Gasteiger partial charge in [0.25, 0.3) is 5.56 Å². The Hall–Kier alpha value is -2.30. The summed E-state index contributed by atoms with van der Waals surface area (Å²) < 4.78 is 1.60. The summed E-state index contributed by atoms with van der Waals surface area (Å²) in [4.78, 5) is 12.5. The molecule has 2 aromatic rings. The van der Waals surface area contributed by atoms with Crippen LogP contribution in [0.5, 0.6) is 0 Å². The largest absolute Gasteiger partial charge is 0.375 e. The van der Waals surface area contributed by atoms with Gasteiger partial charge in [-0.25, -0.2) is 0 Å². The number of rotatable bonds is 5. The van der Waals surface area contributed by atoms with Gasteiger partial charge < -0.3 is 15.2 Å². The van der Waals surface area contributed by atoms with Crippen LogP contribution in [-0.4, -0.2) is 23.2 Å². The lowest BCUT2D eigenvalue weighted by Gasteiger charge is -2.41. The van der Waals surface area contributed by atoms with E-state index in [1.165, 1.54) is 0 Å². The Bertz CT molecular complexity index is 981. The van der Waals surface area contributed by atoms with Gasteiger partial charge in [0.2, 0.25) is 0 Å². The van der Waals surface area contributed by atoms with Crippen LogP contribution in [0.15, 0.2) is 70.7 Å². The number of anilines is 1. The minimum absolute atomic E-state index is 0.000290. The van der Waals surface area contributed by atoms with Gasteiger partial charge in [-0.05, 0) is 67.6 Å². The average Bonchev–Trinajstić information content (AvgIpc) is 2.66. The van der Waals surface area contributed by atoms with Crippen LogP contribution in [0.2, 0.25) is 0 Å². The van der Waals surface area contributed by atoms with Gasteiger partial charge in [-0.2, -0.15) is 0 Å². The summed E-state index contributed by atoms with van der Waals surface area (Å²) in [5.41, 5.74) is 2.62. The molecule has 1 fully saturated rings. The number of pyridine rings is 1. The third-order valence-corrected chi connectivity index (χ3v) is 5.74. The highest BCUT2D eigenvalue weighted by Gasteiger charge is 2.36. The van der Waals surface area contributed by atoms with Gasteiger partial charge in [0, 0.05) is 29.4 Å². The number of halogens is 1. The smallest absolute Gasteiger partial charge is 0.258 e. The molecule has 0 radical (unpaired) electrons. The minimum Gasteiger partial charge on any atom is -0.375 e. The zero-order valence-corrected chi connectivity index (χ0v) is 16.7. The van der Waals surface area contributed by atoms with E-state index in [-0.39, 0.29) is 11.1 Å². The topological polar surface area (TPSA) is 46.1 Å². The van der Waals surface area contributed by atoms with Crippen LogP contribution in [0.4, 0.5) is 5.69 Å². The van der Waals surface area contributed by atoms with Crippen LogP contribution in [0.3, 0.4) is 0 Å². The lowest BCUT2D eigenvalue weighted by atomic mass is 9.78. The third kappa shape index (κ3) is 3.73. The van der Waals surface area contributed by atoms with Gasteiger partial charge in [-0.15, -0.1) is 0 Å². The van der Waals surface area contributed by atoms with Crippen LogP contribution < -0.4 is 16.2 Å². The molecule has 0 spiro atoms. The molecule has 1 aromatic carbocycles. The Morgan fingerprint density at radius 3 is 2.67 bits per heavy atom. The van der Waals surface area contributed by atoms with Crippen molar-refractivity contribution in [3.8, 4) is 0 Å². The third-order valence-electron chi connectivity index (χ3n) is 5.45. The van der Waals surface area contributed by atoms with Crippen molar-refractivity contribution in [2.24, 2.45) is 7.05 Å². The molecule has 2 heterocycles. The molecule has 0 amide bonds. The number of allylic oxidation sites excluding steroid dienone is 2. The number of nitrogens with zero attached hydrogens (tertiary/aromatic N) is 1. The number of benzene rings is 1. The van der Waals surface area contributed by atoms with E-state index in [1.54, 1.807) is 17.8 Å². The van der Waals surface area contributed by atoms with Crippen molar-refractivity contribution in [3.05, 3.63) is 76.2 Å². The van der Waals surface area contributed by atoms with Crippen LogP contribution in [0.25, 0.3) is 10.8 Å². The molecule has 0 atom stereocenters. The van der Waals surface area contributed by atoms with Crippen LogP contribution >= 0.6 is 11.6 Å². The highest BCUT2D eigenvalue weighted by atomic mass is 35.5. The molecule has 2 N–H and O–H groups in total. The Morgan fingerprint density at radius 1 is 1.33 bits per heavy atom. The predicted molar refractivity (Wildman–Crippen MR) is 116 cm³/mol. The number of hydrogen-bond acceptors (Lipinski definition) is 3. The Kier molecular flexibility index (Phi) is 5.59. The molecule has 1 aliphatic heterocycles. The fraction of sp³-hybridized carbons (Fsp3) is 0.318. The zero-order chi connectivity index (χ0) is 19.6. The second kappa shape index (κ2) is 7.75. The van der Waals surface area contributed by atoms with Crippen molar-refractivity contribution >= 4 is 28.1 Å². The summed E-state index contributed by atoms with van der Waals surface area (Å²) >= 11 is 6.21. The number of hydrogen-bond donors (Lipinski definition) is 2. The quantitative estimate of drug-likeness (QED) is 0.755. The Labute approximate surface area is 165 Å². The monoisotopic (exact) mass is 383 g/mol. The van der Waals surface area contributed by atoms with Crippen molar-refractivity contribution in [2.45, 2.75) is 25.3 Å². The molecule has 4 nitrogen and oxygen atoms in total.